The van der Waals surface area contributed by atoms with E-state index < -0.39 is 0 Å². The van der Waals surface area contributed by atoms with Crippen LogP contribution in [0.15, 0.2) is 30.5 Å². The fourth-order valence-corrected chi connectivity index (χ4v) is 3.34. The van der Waals surface area contributed by atoms with Gasteiger partial charge in [-0.05, 0) is 12.1 Å². The second-order valence-corrected chi connectivity index (χ2v) is 5.88. The van der Waals surface area contributed by atoms with Crippen molar-refractivity contribution in [2.75, 3.05) is 5.73 Å². The summed E-state index contributed by atoms with van der Waals surface area (Å²) in [5, 5.41) is 0.505. The van der Waals surface area contributed by atoms with E-state index in [-0.39, 0.29) is 11.9 Å². The van der Waals surface area contributed by atoms with Gasteiger partial charge in [-0.15, -0.1) is 11.3 Å². The Morgan fingerprint density at radius 1 is 1.24 bits per heavy atom. The first-order valence-corrected chi connectivity index (χ1v) is 7.27. The molecule has 0 atom stereocenters. The van der Waals surface area contributed by atoms with E-state index in [1.54, 1.807) is 11.1 Å². The van der Waals surface area contributed by atoms with Crippen molar-refractivity contribution in [3.8, 4) is 0 Å². The van der Waals surface area contributed by atoms with Gasteiger partial charge in [0, 0.05) is 18.3 Å². The van der Waals surface area contributed by atoms with E-state index in [1.807, 2.05) is 24.3 Å². The minimum absolute atomic E-state index is 0.0761. The van der Waals surface area contributed by atoms with Crippen molar-refractivity contribution in [3.63, 3.8) is 0 Å². The summed E-state index contributed by atoms with van der Waals surface area (Å²) in [4.78, 5) is 26.8. The number of carbonyl (C=O) groups excluding carboxylic acids is 1. The molecule has 0 spiro atoms. The summed E-state index contributed by atoms with van der Waals surface area (Å²) >= 11 is 1.41. The second kappa shape index (κ2) is 4.49. The molecule has 1 aromatic carbocycles. The summed E-state index contributed by atoms with van der Waals surface area (Å²) in [6, 6.07) is 7.74. The smallest absolute Gasteiger partial charge is 0.283 e. The van der Waals surface area contributed by atoms with Gasteiger partial charge in [-0.25, -0.2) is 15.0 Å². The predicted molar refractivity (Wildman–Crippen MR) is 79.6 cm³/mol. The van der Waals surface area contributed by atoms with Gasteiger partial charge in [0.2, 0.25) is 5.95 Å². The summed E-state index contributed by atoms with van der Waals surface area (Å²) in [5.41, 5.74) is 8.19. The SMILES string of the molecule is Nc1ncc2c(n1)CN(C(=O)c1nc3ccccc3s1)C2. The zero-order chi connectivity index (χ0) is 14.4. The van der Waals surface area contributed by atoms with Crippen molar-refractivity contribution < 1.29 is 4.79 Å². The summed E-state index contributed by atoms with van der Waals surface area (Å²) in [5.74, 6) is 0.163. The fourth-order valence-electron chi connectivity index (χ4n) is 2.41. The monoisotopic (exact) mass is 297 g/mol. The standard InChI is InChI=1S/C14H11N5OS/c15-14-16-5-8-6-19(7-10(8)18-14)13(20)12-17-9-3-1-2-4-11(9)21-12/h1-5H,6-7H2,(H2,15,16,18). The Kier molecular flexibility index (Phi) is 2.61. The van der Waals surface area contributed by atoms with Crippen LogP contribution < -0.4 is 5.73 Å². The van der Waals surface area contributed by atoms with Gasteiger partial charge >= 0.3 is 0 Å². The third-order valence-corrected chi connectivity index (χ3v) is 4.46. The van der Waals surface area contributed by atoms with Crippen LogP contribution >= 0.6 is 11.3 Å². The van der Waals surface area contributed by atoms with E-state index >= 15 is 0 Å². The van der Waals surface area contributed by atoms with Gasteiger partial charge in [-0.1, -0.05) is 12.1 Å². The highest BCUT2D eigenvalue weighted by molar-refractivity contribution is 7.20. The molecule has 0 fully saturated rings. The molecule has 0 aliphatic carbocycles. The number of aromatic nitrogens is 3. The molecule has 0 radical (unpaired) electrons. The number of thiazole rings is 1. The van der Waals surface area contributed by atoms with Crippen LogP contribution in [0, 0.1) is 0 Å². The number of nitrogen functional groups attached to an aromatic ring is 1. The number of nitrogens with two attached hydrogens (primary N) is 1. The number of para-hydroxylation sites is 1. The van der Waals surface area contributed by atoms with Crippen LogP contribution in [-0.4, -0.2) is 25.8 Å². The van der Waals surface area contributed by atoms with Crippen LogP contribution in [-0.2, 0) is 13.1 Å². The molecular weight excluding hydrogens is 286 g/mol. The van der Waals surface area contributed by atoms with Crippen molar-refractivity contribution in [1.82, 2.24) is 19.9 Å². The number of fused-ring (bicyclic) bond motifs is 2. The van der Waals surface area contributed by atoms with E-state index in [2.05, 4.69) is 15.0 Å². The Bertz CT molecular complexity index is 826. The maximum Gasteiger partial charge on any atom is 0.283 e. The average Bonchev–Trinajstić information content (AvgIpc) is 3.09. The molecule has 2 aromatic heterocycles. The van der Waals surface area contributed by atoms with E-state index in [0.29, 0.717) is 18.1 Å². The molecule has 1 amide bonds. The van der Waals surface area contributed by atoms with Crippen molar-refractivity contribution in [1.29, 1.82) is 0 Å². The summed E-state index contributed by atoms with van der Waals surface area (Å²) in [6.45, 7) is 0.960. The molecule has 0 saturated carbocycles. The molecule has 0 saturated heterocycles. The number of rotatable bonds is 1. The first-order chi connectivity index (χ1) is 10.2. The highest BCUT2D eigenvalue weighted by atomic mass is 32.1. The first kappa shape index (κ1) is 12.2. The van der Waals surface area contributed by atoms with Gasteiger partial charge in [0.05, 0.1) is 22.5 Å². The van der Waals surface area contributed by atoms with Crippen molar-refractivity contribution in [2.45, 2.75) is 13.1 Å². The van der Waals surface area contributed by atoms with Crippen LogP contribution in [0.5, 0.6) is 0 Å². The molecule has 0 bridgehead atoms. The summed E-state index contributed by atoms with van der Waals surface area (Å²) in [7, 11) is 0. The van der Waals surface area contributed by atoms with Gasteiger partial charge in [-0.3, -0.25) is 4.79 Å². The van der Waals surface area contributed by atoms with Gasteiger partial charge < -0.3 is 10.6 Å². The Morgan fingerprint density at radius 3 is 2.95 bits per heavy atom. The lowest BCUT2D eigenvalue weighted by Gasteiger charge is -2.12. The number of carbonyl (C=O) groups is 1. The Labute approximate surface area is 124 Å². The molecule has 21 heavy (non-hydrogen) atoms. The van der Waals surface area contributed by atoms with Gasteiger partial charge in [0.25, 0.3) is 5.91 Å². The average molecular weight is 297 g/mol. The molecular formula is C14H11N5OS. The molecule has 1 aliphatic rings. The molecule has 4 rings (SSSR count). The van der Waals surface area contributed by atoms with Crippen molar-refractivity contribution in [3.05, 3.63) is 46.7 Å². The van der Waals surface area contributed by atoms with Gasteiger partial charge in [0.1, 0.15) is 0 Å². The highest BCUT2D eigenvalue weighted by Gasteiger charge is 2.27. The van der Waals surface area contributed by atoms with E-state index in [0.717, 1.165) is 21.5 Å². The Balaban J connectivity index is 1.64. The topological polar surface area (TPSA) is 85.0 Å². The molecule has 6 nitrogen and oxygen atoms in total. The molecule has 1 aliphatic heterocycles. The third kappa shape index (κ3) is 2.02. The molecule has 3 aromatic rings. The molecule has 0 unspecified atom stereocenters. The molecule has 3 heterocycles. The number of hydrogen-bond acceptors (Lipinski definition) is 6. The maximum atomic E-state index is 12.6. The maximum absolute atomic E-state index is 12.6. The second-order valence-electron chi connectivity index (χ2n) is 4.85. The lowest BCUT2D eigenvalue weighted by atomic mass is 10.3. The molecule has 7 heteroatoms. The summed E-state index contributed by atoms with van der Waals surface area (Å²) < 4.78 is 1.02. The minimum Gasteiger partial charge on any atom is -0.368 e. The van der Waals surface area contributed by atoms with Crippen LogP contribution in [0.4, 0.5) is 5.95 Å². The van der Waals surface area contributed by atoms with Gasteiger partial charge in [0.15, 0.2) is 5.01 Å². The number of anilines is 1. The lowest BCUT2D eigenvalue weighted by molar-refractivity contribution is 0.0750. The van der Waals surface area contributed by atoms with Crippen LogP contribution in [0.1, 0.15) is 21.1 Å². The van der Waals surface area contributed by atoms with Gasteiger partial charge in [-0.2, -0.15) is 0 Å². The fraction of sp³-hybridized carbons (Fsp3) is 0.143. The zero-order valence-corrected chi connectivity index (χ0v) is 11.8. The first-order valence-electron chi connectivity index (χ1n) is 6.46. The Morgan fingerprint density at radius 2 is 2.10 bits per heavy atom. The number of benzene rings is 1. The largest absolute Gasteiger partial charge is 0.368 e. The van der Waals surface area contributed by atoms with Crippen molar-refractivity contribution >= 4 is 33.4 Å². The molecule has 104 valence electrons. The summed E-state index contributed by atoms with van der Waals surface area (Å²) in [6.07, 6.45) is 1.68. The van der Waals surface area contributed by atoms with Crippen LogP contribution in [0.25, 0.3) is 10.2 Å². The minimum atomic E-state index is -0.0761. The van der Waals surface area contributed by atoms with E-state index in [1.165, 1.54) is 11.3 Å². The predicted octanol–water partition coefficient (Wildman–Crippen LogP) is 1.82. The molecule has 2 N–H and O–H groups in total. The normalized spacial score (nSPS) is 13.6. The number of hydrogen-bond donors (Lipinski definition) is 1. The highest BCUT2D eigenvalue weighted by Crippen LogP contribution is 2.26. The Hall–Kier alpha value is -2.54. The van der Waals surface area contributed by atoms with E-state index in [9.17, 15) is 4.79 Å². The number of amides is 1. The van der Waals surface area contributed by atoms with Crippen molar-refractivity contribution in [2.24, 2.45) is 0 Å². The number of nitrogens with zero attached hydrogens (tertiary/aromatic N) is 4. The third-order valence-electron chi connectivity index (χ3n) is 3.44. The lowest BCUT2D eigenvalue weighted by Crippen LogP contribution is -2.25. The quantitative estimate of drug-likeness (QED) is 0.740. The van der Waals surface area contributed by atoms with E-state index in [4.69, 9.17) is 5.73 Å². The zero-order valence-electron chi connectivity index (χ0n) is 11.0. The van der Waals surface area contributed by atoms with Crippen LogP contribution in [0.3, 0.4) is 0 Å². The van der Waals surface area contributed by atoms with Crippen LogP contribution in [0.2, 0.25) is 0 Å².